The van der Waals surface area contributed by atoms with Crippen molar-refractivity contribution in [3.8, 4) is 17.1 Å². The van der Waals surface area contributed by atoms with E-state index < -0.39 is 0 Å². The number of benzene rings is 1. The van der Waals surface area contributed by atoms with Crippen LogP contribution in [0.1, 0.15) is 37.8 Å². The largest absolute Gasteiger partial charge is 0.473 e. The number of hydrogen-bond acceptors (Lipinski definition) is 7. The minimum absolute atomic E-state index is 0.0920. The lowest BCUT2D eigenvalue weighted by atomic mass is 10.0. The molecule has 1 amide bonds. The molecule has 38 heavy (non-hydrogen) atoms. The third-order valence-corrected chi connectivity index (χ3v) is 8.72. The molecule has 3 aromatic rings. The molecule has 0 spiro atoms. The van der Waals surface area contributed by atoms with Crippen molar-refractivity contribution in [2.75, 3.05) is 50.8 Å². The second kappa shape index (κ2) is 9.54. The summed E-state index contributed by atoms with van der Waals surface area (Å²) in [6, 6.07) is 9.81. The molecule has 5 heterocycles. The van der Waals surface area contributed by atoms with E-state index in [1.807, 2.05) is 13.3 Å². The molecule has 0 radical (unpaired) electrons. The number of nitrogens with one attached hydrogen (secondary N) is 1. The second-order valence-corrected chi connectivity index (χ2v) is 11.4. The summed E-state index contributed by atoms with van der Waals surface area (Å²) in [5, 5.41) is 2.93. The zero-order valence-electron chi connectivity index (χ0n) is 22.2. The molecule has 0 bridgehead atoms. The van der Waals surface area contributed by atoms with E-state index in [-0.39, 0.29) is 17.9 Å². The molecule has 9 heteroatoms. The number of rotatable bonds is 7. The van der Waals surface area contributed by atoms with Crippen LogP contribution in [0, 0.1) is 12.8 Å². The summed E-state index contributed by atoms with van der Waals surface area (Å²) in [7, 11) is 0. The first-order valence-corrected chi connectivity index (χ1v) is 14.0. The number of ether oxygens (including phenoxy) is 2. The Morgan fingerprint density at radius 2 is 1.92 bits per heavy atom. The summed E-state index contributed by atoms with van der Waals surface area (Å²) < 4.78 is 14.1. The van der Waals surface area contributed by atoms with Crippen LogP contribution in [-0.2, 0) is 9.53 Å². The zero-order chi connectivity index (χ0) is 25.8. The highest BCUT2D eigenvalue weighted by atomic mass is 16.5. The summed E-state index contributed by atoms with van der Waals surface area (Å²) >= 11 is 0. The lowest BCUT2D eigenvalue weighted by Gasteiger charge is -2.43. The summed E-state index contributed by atoms with van der Waals surface area (Å²) in [6.45, 7) is 10.9. The van der Waals surface area contributed by atoms with Gasteiger partial charge in [-0.25, -0.2) is 9.97 Å². The van der Waals surface area contributed by atoms with Crippen LogP contribution in [0.2, 0.25) is 0 Å². The predicted molar refractivity (Wildman–Crippen MR) is 146 cm³/mol. The number of hydrogen-bond donors (Lipinski definition) is 1. The summed E-state index contributed by atoms with van der Waals surface area (Å²) in [5.74, 6) is 0.847. The van der Waals surface area contributed by atoms with E-state index in [9.17, 15) is 4.79 Å². The minimum Gasteiger partial charge on any atom is -0.473 e. The quantitative estimate of drug-likeness (QED) is 0.516. The number of imidazole rings is 1. The van der Waals surface area contributed by atoms with E-state index in [1.165, 1.54) is 11.3 Å². The van der Waals surface area contributed by atoms with Gasteiger partial charge in [0.2, 0.25) is 11.8 Å². The zero-order valence-corrected chi connectivity index (χ0v) is 22.2. The molecule has 1 N–H and O–H groups in total. The van der Waals surface area contributed by atoms with Crippen LogP contribution in [0.25, 0.3) is 22.3 Å². The van der Waals surface area contributed by atoms with Gasteiger partial charge in [-0.15, -0.1) is 0 Å². The maximum Gasteiger partial charge on any atom is 0.241 e. The second-order valence-electron chi connectivity index (χ2n) is 11.4. The molecular weight excluding hydrogens is 480 g/mol. The van der Waals surface area contributed by atoms with E-state index in [0.29, 0.717) is 30.9 Å². The minimum atomic E-state index is -0.128. The van der Waals surface area contributed by atoms with E-state index in [4.69, 9.17) is 19.4 Å². The van der Waals surface area contributed by atoms with Gasteiger partial charge in [0.25, 0.3) is 0 Å². The van der Waals surface area contributed by atoms with Crippen LogP contribution in [0.3, 0.4) is 0 Å². The number of pyridine rings is 1. The molecule has 1 saturated carbocycles. The van der Waals surface area contributed by atoms with Gasteiger partial charge in [0.15, 0.2) is 0 Å². The van der Waals surface area contributed by atoms with Crippen LogP contribution in [-0.4, -0.2) is 83.4 Å². The molecule has 1 aromatic carbocycles. The molecule has 7 rings (SSSR count). The molecule has 1 unspecified atom stereocenters. The van der Waals surface area contributed by atoms with Gasteiger partial charge in [-0.2, -0.15) is 0 Å². The predicted octanol–water partition coefficient (Wildman–Crippen LogP) is 3.17. The number of nitrogens with zero attached hydrogens (tertiary/aromatic N) is 5. The number of carbonyl (C=O) groups excluding carboxylic acids is 1. The van der Waals surface area contributed by atoms with Gasteiger partial charge in [-0.3, -0.25) is 9.69 Å². The lowest BCUT2D eigenvalue weighted by Crippen LogP contribution is -2.56. The van der Waals surface area contributed by atoms with Gasteiger partial charge in [0.1, 0.15) is 11.6 Å². The summed E-state index contributed by atoms with van der Waals surface area (Å²) in [6.07, 6.45) is 4.61. The van der Waals surface area contributed by atoms with E-state index in [1.54, 1.807) is 0 Å². The monoisotopic (exact) mass is 516 g/mol. The van der Waals surface area contributed by atoms with Crippen molar-refractivity contribution in [1.29, 1.82) is 0 Å². The van der Waals surface area contributed by atoms with Crippen molar-refractivity contribution >= 4 is 22.6 Å². The fraction of sp³-hybridized carbons (Fsp3) is 0.552. The van der Waals surface area contributed by atoms with Crippen LogP contribution < -0.4 is 15.0 Å². The van der Waals surface area contributed by atoms with Crippen LogP contribution in [0.5, 0.6) is 5.88 Å². The lowest BCUT2D eigenvalue weighted by molar-refractivity contribution is -0.119. The first kappa shape index (κ1) is 23.9. The topological polar surface area (TPSA) is 84.7 Å². The number of fused-ring (bicyclic) bond motifs is 1. The molecule has 1 aliphatic carbocycles. The van der Waals surface area contributed by atoms with Crippen molar-refractivity contribution in [3.05, 3.63) is 36.2 Å². The Morgan fingerprint density at radius 1 is 1.11 bits per heavy atom. The highest BCUT2D eigenvalue weighted by Gasteiger charge is 2.32. The van der Waals surface area contributed by atoms with Gasteiger partial charge in [0.05, 0.1) is 36.8 Å². The van der Waals surface area contributed by atoms with Crippen LogP contribution >= 0.6 is 0 Å². The van der Waals surface area contributed by atoms with E-state index in [0.717, 1.165) is 74.5 Å². The maximum absolute atomic E-state index is 11.8. The number of anilines is 1. The molecule has 2 aromatic heterocycles. The number of aromatic nitrogens is 3. The van der Waals surface area contributed by atoms with Crippen LogP contribution in [0.15, 0.2) is 30.6 Å². The molecule has 200 valence electrons. The highest BCUT2D eigenvalue weighted by Crippen LogP contribution is 2.41. The Balaban J connectivity index is 1.16. The number of piperazine rings is 1. The van der Waals surface area contributed by atoms with Gasteiger partial charge in [0, 0.05) is 62.4 Å². The molecule has 3 saturated heterocycles. The highest BCUT2D eigenvalue weighted by molar-refractivity contribution is 5.85. The first-order chi connectivity index (χ1) is 18.5. The summed E-state index contributed by atoms with van der Waals surface area (Å²) in [5.41, 5.74) is 6.34. The van der Waals surface area contributed by atoms with Gasteiger partial charge < -0.3 is 24.3 Å². The molecule has 9 nitrogen and oxygen atoms in total. The Hall–Kier alpha value is -3.17. The average Bonchev–Trinajstić information content (AvgIpc) is 3.48. The van der Waals surface area contributed by atoms with E-state index >= 15 is 0 Å². The Kier molecular flexibility index (Phi) is 6.00. The Bertz CT molecular complexity index is 1360. The van der Waals surface area contributed by atoms with Gasteiger partial charge in [-0.1, -0.05) is 6.07 Å². The Labute approximate surface area is 223 Å². The number of amides is 1. The smallest absolute Gasteiger partial charge is 0.241 e. The maximum atomic E-state index is 11.8. The fourth-order valence-electron chi connectivity index (χ4n) is 6.05. The average molecular weight is 517 g/mol. The molecule has 4 aliphatic rings. The van der Waals surface area contributed by atoms with Crippen molar-refractivity contribution in [3.63, 3.8) is 0 Å². The number of aryl methyl sites for hydroxylation is 1. The fourth-order valence-corrected chi connectivity index (χ4v) is 6.05. The number of carbonyl (C=O) groups is 1. The summed E-state index contributed by atoms with van der Waals surface area (Å²) in [4.78, 5) is 26.7. The van der Waals surface area contributed by atoms with Crippen molar-refractivity contribution in [2.24, 2.45) is 5.92 Å². The van der Waals surface area contributed by atoms with Gasteiger partial charge >= 0.3 is 0 Å². The van der Waals surface area contributed by atoms with Crippen LogP contribution in [0.4, 0.5) is 5.69 Å². The molecule has 3 aliphatic heterocycles. The van der Waals surface area contributed by atoms with E-state index in [2.05, 4.69) is 50.9 Å². The van der Waals surface area contributed by atoms with Crippen molar-refractivity contribution < 1.29 is 14.3 Å². The normalized spacial score (nSPS) is 23.5. The molecule has 2 atom stereocenters. The van der Waals surface area contributed by atoms with Crippen molar-refractivity contribution in [1.82, 2.24) is 24.8 Å². The first-order valence-electron chi connectivity index (χ1n) is 14.0. The third-order valence-electron chi connectivity index (χ3n) is 8.72. The third kappa shape index (κ3) is 4.41. The van der Waals surface area contributed by atoms with Crippen molar-refractivity contribution in [2.45, 2.75) is 51.3 Å². The van der Waals surface area contributed by atoms with Gasteiger partial charge in [-0.05, 0) is 50.5 Å². The Morgan fingerprint density at radius 3 is 2.58 bits per heavy atom. The standard InChI is InChI=1S/C29H36N6O3/c1-18-11-20(3-6-26(18)34-9-7-33(8-10-34)23-15-37-16-23)24-13-25-28(35(17-31-25)22-4-5-22)29(32-24)38-19(2)21-12-27(36)30-14-21/h3,6,11,13,17,19,21-23H,4-5,7-10,12,14-16H2,1-2H3,(H,30,36)/t19-,21?/m1/s1. The molecule has 4 fully saturated rings. The molecular formula is C29H36N6O3. The SMILES string of the molecule is Cc1cc(-c2cc3ncn(C4CC4)c3c(O[C@H](C)C3CNC(=O)C3)n2)ccc1N1CCN(C2COC2)CC1.